The van der Waals surface area contributed by atoms with E-state index in [1.807, 2.05) is 49.4 Å². The molecule has 0 aromatic heterocycles. The van der Waals surface area contributed by atoms with Crippen LogP contribution in [0.1, 0.15) is 17.5 Å². The van der Waals surface area contributed by atoms with Gasteiger partial charge in [0.1, 0.15) is 5.75 Å². The zero-order valence-corrected chi connectivity index (χ0v) is 12.7. The second kappa shape index (κ2) is 8.62. The number of aryl methyl sites for hydroxylation is 2. The second-order valence-corrected chi connectivity index (χ2v) is 4.93. The zero-order chi connectivity index (χ0) is 15.6. The van der Waals surface area contributed by atoms with Crippen LogP contribution in [0, 0.1) is 6.92 Å². The number of carbonyl (C=O) groups excluding carboxylic acids is 1. The molecule has 0 saturated carbocycles. The maximum atomic E-state index is 11.6. The number of hydrogen-bond donors (Lipinski definition) is 1. The van der Waals surface area contributed by atoms with Gasteiger partial charge in [-0.1, -0.05) is 48.5 Å². The summed E-state index contributed by atoms with van der Waals surface area (Å²) < 4.78 is 5.44. The largest absolute Gasteiger partial charge is 0.483 e. The summed E-state index contributed by atoms with van der Waals surface area (Å²) in [5, 5.41) is 3.92. The highest BCUT2D eigenvalue weighted by atomic mass is 16.5. The van der Waals surface area contributed by atoms with Gasteiger partial charge in [0.05, 0.1) is 0 Å². The Bertz CT molecular complexity index is 624. The zero-order valence-electron chi connectivity index (χ0n) is 12.7. The summed E-state index contributed by atoms with van der Waals surface area (Å²) in [5.74, 6) is 0.449. The molecule has 0 saturated heterocycles. The Morgan fingerprint density at radius 3 is 2.64 bits per heavy atom. The Morgan fingerprint density at radius 1 is 1.14 bits per heavy atom. The Labute approximate surface area is 130 Å². The number of para-hydroxylation sites is 1. The molecular formula is C18H20N2O2. The van der Waals surface area contributed by atoms with Crippen LogP contribution in [0.2, 0.25) is 0 Å². The first-order valence-electron chi connectivity index (χ1n) is 7.28. The van der Waals surface area contributed by atoms with E-state index < -0.39 is 0 Å². The van der Waals surface area contributed by atoms with Gasteiger partial charge in [-0.25, -0.2) is 5.43 Å². The van der Waals surface area contributed by atoms with Crippen molar-refractivity contribution in [1.82, 2.24) is 5.43 Å². The molecule has 4 heteroatoms. The SMILES string of the molecule is Cc1ccccc1OCC(=O)NN=CCCc1ccccc1. The van der Waals surface area contributed by atoms with Crippen molar-refractivity contribution in [2.75, 3.05) is 6.61 Å². The van der Waals surface area contributed by atoms with E-state index in [-0.39, 0.29) is 12.5 Å². The maximum absolute atomic E-state index is 11.6. The third-order valence-electron chi connectivity index (χ3n) is 3.14. The number of nitrogens with one attached hydrogen (secondary N) is 1. The monoisotopic (exact) mass is 296 g/mol. The molecule has 0 aliphatic rings. The van der Waals surface area contributed by atoms with E-state index in [0.717, 1.165) is 18.4 Å². The van der Waals surface area contributed by atoms with Crippen molar-refractivity contribution in [3.05, 3.63) is 65.7 Å². The smallest absolute Gasteiger partial charge is 0.277 e. The summed E-state index contributed by atoms with van der Waals surface area (Å²) in [4.78, 5) is 11.6. The lowest BCUT2D eigenvalue weighted by Crippen LogP contribution is -2.24. The fourth-order valence-corrected chi connectivity index (χ4v) is 1.95. The van der Waals surface area contributed by atoms with Gasteiger partial charge in [-0.2, -0.15) is 5.10 Å². The van der Waals surface area contributed by atoms with E-state index in [1.54, 1.807) is 6.21 Å². The number of amides is 1. The lowest BCUT2D eigenvalue weighted by molar-refractivity contribution is -0.123. The molecule has 2 rings (SSSR count). The fourth-order valence-electron chi connectivity index (χ4n) is 1.95. The Hall–Kier alpha value is -2.62. The lowest BCUT2D eigenvalue weighted by Gasteiger charge is -2.07. The molecule has 0 radical (unpaired) electrons. The van der Waals surface area contributed by atoms with Crippen molar-refractivity contribution in [2.24, 2.45) is 5.10 Å². The molecule has 22 heavy (non-hydrogen) atoms. The Balaban J connectivity index is 1.65. The number of rotatable bonds is 7. The molecule has 2 aromatic carbocycles. The number of hydrogen-bond acceptors (Lipinski definition) is 3. The van der Waals surface area contributed by atoms with Gasteiger partial charge in [-0.15, -0.1) is 0 Å². The van der Waals surface area contributed by atoms with E-state index in [9.17, 15) is 4.79 Å². The highest BCUT2D eigenvalue weighted by Crippen LogP contribution is 2.15. The van der Waals surface area contributed by atoms with Crippen LogP contribution >= 0.6 is 0 Å². The summed E-state index contributed by atoms with van der Waals surface area (Å²) in [6.45, 7) is 1.90. The predicted octanol–water partition coefficient (Wildman–Crippen LogP) is 3.11. The molecule has 4 nitrogen and oxygen atoms in total. The van der Waals surface area contributed by atoms with Crippen LogP contribution in [0.4, 0.5) is 0 Å². The number of nitrogens with zero attached hydrogens (tertiary/aromatic N) is 1. The van der Waals surface area contributed by atoms with Crippen LogP contribution in [0.25, 0.3) is 0 Å². The number of carbonyl (C=O) groups is 1. The number of benzene rings is 2. The van der Waals surface area contributed by atoms with Crippen LogP contribution in [0.15, 0.2) is 59.7 Å². The van der Waals surface area contributed by atoms with E-state index in [1.165, 1.54) is 5.56 Å². The highest BCUT2D eigenvalue weighted by molar-refractivity contribution is 5.78. The number of ether oxygens (including phenoxy) is 1. The van der Waals surface area contributed by atoms with Crippen LogP contribution in [-0.4, -0.2) is 18.7 Å². The van der Waals surface area contributed by atoms with Crippen LogP contribution in [0.3, 0.4) is 0 Å². The van der Waals surface area contributed by atoms with Crippen molar-refractivity contribution in [3.8, 4) is 5.75 Å². The molecule has 0 aliphatic carbocycles. The predicted molar refractivity (Wildman–Crippen MR) is 88.1 cm³/mol. The van der Waals surface area contributed by atoms with E-state index >= 15 is 0 Å². The summed E-state index contributed by atoms with van der Waals surface area (Å²) in [6, 6.07) is 17.7. The van der Waals surface area contributed by atoms with Gasteiger partial charge >= 0.3 is 0 Å². The van der Waals surface area contributed by atoms with Crippen molar-refractivity contribution in [2.45, 2.75) is 19.8 Å². The van der Waals surface area contributed by atoms with Gasteiger partial charge in [0.2, 0.25) is 0 Å². The minimum Gasteiger partial charge on any atom is -0.483 e. The molecule has 114 valence electrons. The summed E-state index contributed by atoms with van der Waals surface area (Å²) in [5.41, 5.74) is 4.72. The fraction of sp³-hybridized carbons (Fsp3) is 0.222. The minimum absolute atomic E-state index is 0.0408. The topological polar surface area (TPSA) is 50.7 Å². The normalized spacial score (nSPS) is 10.6. The van der Waals surface area contributed by atoms with E-state index in [0.29, 0.717) is 5.75 Å². The van der Waals surface area contributed by atoms with Crippen LogP contribution in [0.5, 0.6) is 5.75 Å². The van der Waals surface area contributed by atoms with Crippen LogP contribution in [-0.2, 0) is 11.2 Å². The average Bonchev–Trinajstić information content (AvgIpc) is 2.55. The van der Waals surface area contributed by atoms with Gasteiger partial charge < -0.3 is 4.74 Å². The van der Waals surface area contributed by atoms with Gasteiger partial charge in [0, 0.05) is 6.21 Å². The standard InChI is InChI=1S/C18H20N2O2/c1-15-8-5-6-12-17(15)22-14-18(21)20-19-13-7-11-16-9-3-2-4-10-16/h2-6,8-10,12-13H,7,11,14H2,1H3,(H,20,21). The van der Waals surface area contributed by atoms with Gasteiger partial charge in [0.25, 0.3) is 5.91 Å². The molecule has 0 bridgehead atoms. The molecule has 0 heterocycles. The Morgan fingerprint density at radius 2 is 1.86 bits per heavy atom. The summed E-state index contributed by atoms with van der Waals surface area (Å²) >= 11 is 0. The molecule has 1 amide bonds. The van der Waals surface area contributed by atoms with Gasteiger partial charge in [-0.3, -0.25) is 4.79 Å². The summed E-state index contributed by atoms with van der Waals surface area (Å²) in [6.07, 6.45) is 3.39. The molecule has 0 atom stereocenters. The second-order valence-electron chi connectivity index (χ2n) is 4.93. The first kappa shape index (κ1) is 15.8. The van der Waals surface area contributed by atoms with Crippen molar-refractivity contribution in [1.29, 1.82) is 0 Å². The third-order valence-corrected chi connectivity index (χ3v) is 3.14. The first-order chi connectivity index (χ1) is 10.8. The molecule has 0 unspecified atom stereocenters. The minimum atomic E-state index is -0.265. The molecule has 0 fully saturated rings. The molecule has 0 aliphatic heterocycles. The van der Waals surface area contributed by atoms with Crippen molar-refractivity contribution < 1.29 is 9.53 Å². The van der Waals surface area contributed by atoms with Gasteiger partial charge in [0.15, 0.2) is 6.61 Å². The number of hydrazone groups is 1. The van der Waals surface area contributed by atoms with Crippen LogP contribution < -0.4 is 10.2 Å². The van der Waals surface area contributed by atoms with E-state index in [4.69, 9.17) is 4.74 Å². The molecule has 0 spiro atoms. The summed E-state index contributed by atoms with van der Waals surface area (Å²) in [7, 11) is 0. The quantitative estimate of drug-likeness (QED) is 0.630. The first-order valence-corrected chi connectivity index (χ1v) is 7.28. The highest BCUT2D eigenvalue weighted by Gasteiger charge is 2.02. The van der Waals surface area contributed by atoms with Crippen molar-refractivity contribution >= 4 is 12.1 Å². The molecule has 1 N–H and O–H groups in total. The lowest BCUT2D eigenvalue weighted by atomic mass is 10.1. The Kier molecular flexibility index (Phi) is 6.18. The van der Waals surface area contributed by atoms with Gasteiger partial charge in [-0.05, 0) is 37.0 Å². The molecule has 2 aromatic rings. The molecular weight excluding hydrogens is 276 g/mol. The van der Waals surface area contributed by atoms with E-state index in [2.05, 4.69) is 22.7 Å². The average molecular weight is 296 g/mol. The van der Waals surface area contributed by atoms with Crippen molar-refractivity contribution in [3.63, 3.8) is 0 Å². The third kappa shape index (κ3) is 5.40. The maximum Gasteiger partial charge on any atom is 0.277 e.